The highest BCUT2D eigenvalue weighted by Gasteiger charge is 2.41. The van der Waals surface area contributed by atoms with Crippen LogP contribution in [0.4, 0.5) is 0 Å². The second-order valence-electron chi connectivity index (χ2n) is 9.77. The van der Waals surface area contributed by atoms with Gasteiger partial charge in [-0.2, -0.15) is 0 Å². The van der Waals surface area contributed by atoms with E-state index in [9.17, 15) is 22.8 Å². The van der Waals surface area contributed by atoms with Gasteiger partial charge < -0.3 is 15.0 Å². The maximum atomic E-state index is 13.6. The van der Waals surface area contributed by atoms with Gasteiger partial charge in [-0.3, -0.25) is 14.4 Å². The molecule has 2 aliphatic rings. The number of benzene rings is 2. The van der Waals surface area contributed by atoms with E-state index in [0.717, 1.165) is 42.0 Å². The van der Waals surface area contributed by atoms with E-state index < -0.39 is 27.9 Å². The molecule has 1 atom stereocenters. The third-order valence-corrected chi connectivity index (χ3v) is 9.13. The number of carbonyl (C=O) groups is 3. The molecule has 0 aromatic heterocycles. The molecule has 204 valence electrons. The molecular formula is C28H35N3O6S. The average Bonchev–Trinajstić information content (AvgIpc) is 3.12. The Hall–Kier alpha value is -3.40. The van der Waals surface area contributed by atoms with Gasteiger partial charge >= 0.3 is 0 Å². The third kappa shape index (κ3) is 5.85. The summed E-state index contributed by atoms with van der Waals surface area (Å²) in [7, 11) is -2.46. The molecule has 2 aromatic rings. The fourth-order valence-corrected chi connectivity index (χ4v) is 6.75. The number of nitrogens with one attached hydrogen (secondary N) is 1. The van der Waals surface area contributed by atoms with Crippen molar-refractivity contribution in [3.8, 4) is 5.75 Å². The normalized spacial score (nSPS) is 17.5. The van der Waals surface area contributed by atoms with Gasteiger partial charge in [0, 0.05) is 25.6 Å². The quantitative estimate of drug-likeness (QED) is 0.493. The Bertz CT molecular complexity index is 1270. The van der Waals surface area contributed by atoms with Gasteiger partial charge in [-0.25, -0.2) is 12.7 Å². The number of hydrogen-bond acceptors (Lipinski definition) is 6. The Labute approximate surface area is 224 Å². The van der Waals surface area contributed by atoms with Crippen molar-refractivity contribution >= 4 is 27.7 Å². The molecule has 4 rings (SSSR count). The number of methoxy groups -OCH3 is 1. The van der Waals surface area contributed by atoms with Crippen LogP contribution in [0.25, 0.3) is 0 Å². The van der Waals surface area contributed by atoms with Gasteiger partial charge in [0.25, 0.3) is 15.9 Å². The predicted octanol–water partition coefficient (Wildman–Crippen LogP) is 3.49. The second-order valence-corrected chi connectivity index (χ2v) is 11.6. The topological polar surface area (TPSA) is 113 Å². The number of fused-ring (bicyclic) bond motifs is 1. The lowest BCUT2D eigenvalue weighted by atomic mass is 9.95. The molecule has 0 saturated heterocycles. The summed E-state index contributed by atoms with van der Waals surface area (Å²) in [6.07, 6.45) is 5.30. The summed E-state index contributed by atoms with van der Waals surface area (Å²) in [6.45, 7) is 1.72. The number of ether oxygens (including phenoxy) is 1. The van der Waals surface area contributed by atoms with Gasteiger partial charge in [-0.1, -0.05) is 50.5 Å². The lowest BCUT2D eigenvalue weighted by molar-refractivity contribution is -0.141. The van der Waals surface area contributed by atoms with Crippen molar-refractivity contribution in [3.05, 3.63) is 59.7 Å². The summed E-state index contributed by atoms with van der Waals surface area (Å²) in [5.74, 6) is -0.577. The molecule has 38 heavy (non-hydrogen) atoms. The van der Waals surface area contributed by atoms with Crippen LogP contribution in [0.15, 0.2) is 53.4 Å². The monoisotopic (exact) mass is 541 g/mol. The lowest BCUT2D eigenvalue weighted by Gasteiger charge is -2.33. The zero-order valence-corrected chi connectivity index (χ0v) is 22.7. The lowest BCUT2D eigenvalue weighted by Crippen LogP contribution is -2.52. The molecule has 1 fully saturated rings. The zero-order valence-electron chi connectivity index (χ0n) is 21.9. The van der Waals surface area contributed by atoms with Gasteiger partial charge in [0.05, 0.1) is 12.7 Å². The maximum absolute atomic E-state index is 13.6. The highest BCUT2D eigenvalue weighted by Crippen LogP contribution is 2.30. The van der Waals surface area contributed by atoms with Crippen LogP contribution in [-0.4, -0.2) is 61.1 Å². The van der Waals surface area contributed by atoms with E-state index in [2.05, 4.69) is 5.32 Å². The van der Waals surface area contributed by atoms with Crippen molar-refractivity contribution in [3.63, 3.8) is 0 Å². The first-order valence-electron chi connectivity index (χ1n) is 13.1. The number of nitrogens with zero attached hydrogens (tertiary/aromatic N) is 2. The Balaban J connectivity index is 1.53. The molecule has 1 aliphatic heterocycles. The van der Waals surface area contributed by atoms with E-state index in [1.165, 1.54) is 17.0 Å². The van der Waals surface area contributed by atoms with Gasteiger partial charge in [0.1, 0.15) is 16.7 Å². The minimum Gasteiger partial charge on any atom is -0.497 e. The van der Waals surface area contributed by atoms with E-state index >= 15 is 0 Å². The minimum atomic E-state index is -4.02. The summed E-state index contributed by atoms with van der Waals surface area (Å²) < 4.78 is 31.9. The van der Waals surface area contributed by atoms with Crippen molar-refractivity contribution in [1.29, 1.82) is 0 Å². The van der Waals surface area contributed by atoms with Crippen molar-refractivity contribution in [2.45, 2.75) is 75.4 Å². The predicted molar refractivity (Wildman–Crippen MR) is 142 cm³/mol. The van der Waals surface area contributed by atoms with Crippen LogP contribution in [0.3, 0.4) is 0 Å². The Morgan fingerprint density at radius 3 is 2.39 bits per heavy atom. The summed E-state index contributed by atoms with van der Waals surface area (Å²) >= 11 is 0. The first-order valence-corrected chi connectivity index (χ1v) is 14.6. The van der Waals surface area contributed by atoms with E-state index in [-0.39, 0.29) is 41.9 Å². The van der Waals surface area contributed by atoms with E-state index in [4.69, 9.17) is 4.74 Å². The molecule has 1 saturated carbocycles. The SMILES string of the molecule is CCC(C(=O)NC1CCCCC1)N(Cc1ccc(OC)cc1)C(=O)CCN1C(=O)c2ccccc2S1(=O)=O. The number of hydrogen-bond donors (Lipinski definition) is 1. The first-order chi connectivity index (χ1) is 18.3. The molecule has 0 spiro atoms. The summed E-state index contributed by atoms with van der Waals surface area (Å²) in [5, 5.41) is 3.13. The van der Waals surface area contributed by atoms with E-state index in [0.29, 0.717) is 12.2 Å². The second kappa shape index (κ2) is 12.0. The van der Waals surface area contributed by atoms with Crippen molar-refractivity contribution in [1.82, 2.24) is 14.5 Å². The summed E-state index contributed by atoms with van der Waals surface area (Å²) in [6, 6.07) is 12.6. The van der Waals surface area contributed by atoms with Gasteiger partial charge in [-0.15, -0.1) is 0 Å². The van der Waals surface area contributed by atoms with Crippen LogP contribution in [-0.2, 0) is 26.2 Å². The third-order valence-electron chi connectivity index (χ3n) is 7.29. The number of amides is 3. The molecule has 1 heterocycles. The molecule has 10 heteroatoms. The molecular weight excluding hydrogens is 506 g/mol. The first kappa shape index (κ1) is 27.6. The molecule has 1 N–H and O–H groups in total. The number of rotatable bonds is 10. The molecule has 1 unspecified atom stereocenters. The summed E-state index contributed by atoms with van der Waals surface area (Å²) in [5.41, 5.74) is 0.911. The highest BCUT2D eigenvalue weighted by molar-refractivity contribution is 7.90. The van der Waals surface area contributed by atoms with Crippen LogP contribution in [0.1, 0.15) is 67.8 Å². The van der Waals surface area contributed by atoms with Gasteiger partial charge in [0.15, 0.2) is 0 Å². The highest BCUT2D eigenvalue weighted by atomic mass is 32.2. The van der Waals surface area contributed by atoms with Crippen molar-refractivity contribution in [2.75, 3.05) is 13.7 Å². The number of carbonyl (C=O) groups excluding carboxylic acids is 3. The smallest absolute Gasteiger partial charge is 0.269 e. The van der Waals surface area contributed by atoms with E-state index in [1.807, 2.05) is 19.1 Å². The molecule has 0 radical (unpaired) electrons. The number of sulfonamides is 1. The fraction of sp³-hybridized carbons (Fsp3) is 0.464. The van der Waals surface area contributed by atoms with Crippen LogP contribution in [0, 0.1) is 0 Å². The zero-order chi connectivity index (χ0) is 27.3. The van der Waals surface area contributed by atoms with Crippen LogP contribution in [0.5, 0.6) is 5.75 Å². The summed E-state index contributed by atoms with van der Waals surface area (Å²) in [4.78, 5) is 41.2. The molecule has 2 aromatic carbocycles. The average molecular weight is 542 g/mol. The Morgan fingerprint density at radius 2 is 1.76 bits per heavy atom. The van der Waals surface area contributed by atoms with Gasteiger partial charge in [0.2, 0.25) is 11.8 Å². The minimum absolute atomic E-state index is 0.0502. The maximum Gasteiger partial charge on any atom is 0.269 e. The standard InChI is InChI=1S/C28H35N3O6S/c1-3-24(27(33)29-21-9-5-4-6-10-21)30(19-20-13-15-22(37-2)16-14-20)26(32)17-18-31-28(34)23-11-7-8-12-25(23)38(31,35)36/h7-8,11-16,21,24H,3-6,9-10,17-19H2,1-2H3,(H,29,33). The van der Waals surface area contributed by atoms with Crippen molar-refractivity contribution in [2.24, 2.45) is 0 Å². The molecule has 3 amide bonds. The molecule has 0 bridgehead atoms. The molecule has 9 nitrogen and oxygen atoms in total. The molecule has 1 aliphatic carbocycles. The van der Waals surface area contributed by atoms with Crippen LogP contribution in [0.2, 0.25) is 0 Å². The largest absolute Gasteiger partial charge is 0.497 e. The Kier molecular flexibility index (Phi) is 8.71. The van der Waals surface area contributed by atoms with Crippen molar-refractivity contribution < 1.29 is 27.5 Å². The van der Waals surface area contributed by atoms with Crippen LogP contribution >= 0.6 is 0 Å². The fourth-order valence-electron chi connectivity index (χ4n) is 5.18. The van der Waals surface area contributed by atoms with E-state index in [1.54, 1.807) is 31.4 Å². The van der Waals surface area contributed by atoms with Crippen LogP contribution < -0.4 is 10.1 Å². The Morgan fingerprint density at radius 1 is 1.08 bits per heavy atom. The van der Waals surface area contributed by atoms with Gasteiger partial charge in [-0.05, 0) is 49.1 Å².